The van der Waals surface area contributed by atoms with Crippen molar-refractivity contribution in [2.24, 2.45) is 5.73 Å². The second-order valence-corrected chi connectivity index (χ2v) is 2.92. The second-order valence-electron chi connectivity index (χ2n) is 2.14. The zero-order valence-electron chi connectivity index (χ0n) is 5.77. The van der Waals surface area contributed by atoms with Crippen LogP contribution in [-0.4, -0.2) is 0 Å². The van der Waals surface area contributed by atoms with Crippen molar-refractivity contribution >= 4 is 28.9 Å². The molecular weight excluding hydrogens is 183 g/mol. The fraction of sp³-hybridized carbons (Fsp3) is 0.143. The predicted molar refractivity (Wildman–Crippen MR) is 48.8 cm³/mol. The van der Waals surface area contributed by atoms with E-state index in [2.05, 4.69) is 0 Å². The topological polar surface area (TPSA) is 52.0 Å². The van der Waals surface area contributed by atoms with E-state index < -0.39 is 0 Å². The molecule has 60 valence electrons. The third-order valence-electron chi connectivity index (χ3n) is 1.44. The first-order valence-corrected chi connectivity index (χ1v) is 3.85. The van der Waals surface area contributed by atoms with E-state index in [1.807, 2.05) is 0 Å². The van der Waals surface area contributed by atoms with E-state index in [4.69, 9.17) is 34.7 Å². The molecule has 0 fully saturated rings. The molecule has 0 aliphatic rings. The largest absolute Gasteiger partial charge is 0.397 e. The molecule has 0 saturated carbocycles. The monoisotopic (exact) mass is 190 g/mol. The van der Waals surface area contributed by atoms with Crippen molar-refractivity contribution in [3.05, 3.63) is 27.7 Å². The number of nitrogens with two attached hydrogens (primary N) is 2. The Morgan fingerprint density at radius 2 is 1.91 bits per heavy atom. The van der Waals surface area contributed by atoms with E-state index in [9.17, 15) is 0 Å². The highest BCUT2D eigenvalue weighted by Crippen LogP contribution is 2.30. The van der Waals surface area contributed by atoms with Crippen LogP contribution in [0.3, 0.4) is 0 Å². The molecule has 4 heteroatoms. The van der Waals surface area contributed by atoms with Crippen molar-refractivity contribution in [3.63, 3.8) is 0 Å². The predicted octanol–water partition coefficient (Wildman–Crippen LogP) is 2.03. The van der Waals surface area contributed by atoms with Crippen molar-refractivity contribution < 1.29 is 0 Å². The molecule has 1 aromatic carbocycles. The number of nitrogen functional groups attached to an aromatic ring is 1. The SMILES string of the molecule is NCc1ccc(Cl)c(Cl)c1N. The van der Waals surface area contributed by atoms with Crippen LogP contribution in [0.4, 0.5) is 5.69 Å². The van der Waals surface area contributed by atoms with Crippen molar-refractivity contribution in [1.82, 2.24) is 0 Å². The Hall–Kier alpha value is -0.440. The van der Waals surface area contributed by atoms with Gasteiger partial charge in [0.1, 0.15) is 0 Å². The minimum absolute atomic E-state index is 0.378. The number of anilines is 1. The zero-order chi connectivity index (χ0) is 8.43. The molecule has 0 radical (unpaired) electrons. The maximum atomic E-state index is 5.75. The Labute approximate surface area is 75.1 Å². The normalized spacial score (nSPS) is 10.1. The summed E-state index contributed by atoms with van der Waals surface area (Å²) in [6, 6.07) is 3.45. The van der Waals surface area contributed by atoms with Gasteiger partial charge in [-0.1, -0.05) is 29.3 Å². The minimum Gasteiger partial charge on any atom is -0.397 e. The molecule has 1 aromatic rings. The molecule has 0 aliphatic heterocycles. The molecular formula is C7H8Cl2N2. The highest BCUT2D eigenvalue weighted by atomic mass is 35.5. The highest BCUT2D eigenvalue weighted by Gasteiger charge is 2.04. The van der Waals surface area contributed by atoms with Gasteiger partial charge in [0, 0.05) is 6.54 Å². The van der Waals surface area contributed by atoms with Crippen LogP contribution < -0.4 is 11.5 Å². The van der Waals surface area contributed by atoms with Gasteiger partial charge in [-0.15, -0.1) is 0 Å². The Morgan fingerprint density at radius 3 is 2.45 bits per heavy atom. The smallest absolute Gasteiger partial charge is 0.0824 e. The van der Waals surface area contributed by atoms with Crippen LogP contribution >= 0.6 is 23.2 Å². The fourth-order valence-corrected chi connectivity index (χ4v) is 1.13. The van der Waals surface area contributed by atoms with Crippen LogP contribution in [-0.2, 0) is 6.54 Å². The molecule has 0 unspecified atom stereocenters. The zero-order valence-corrected chi connectivity index (χ0v) is 7.28. The molecule has 0 aliphatic carbocycles. The Morgan fingerprint density at radius 1 is 1.27 bits per heavy atom. The summed E-state index contributed by atoms with van der Waals surface area (Å²) >= 11 is 11.4. The number of halogens is 2. The van der Waals surface area contributed by atoms with Crippen LogP contribution in [0.5, 0.6) is 0 Å². The maximum Gasteiger partial charge on any atom is 0.0824 e. The second kappa shape index (κ2) is 3.30. The van der Waals surface area contributed by atoms with Gasteiger partial charge in [-0.25, -0.2) is 0 Å². The van der Waals surface area contributed by atoms with Crippen molar-refractivity contribution in [3.8, 4) is 0 Å². The number of hydrogen-bond acceptors (Lipinski definition) is 2. The van der Waals surface area contributed by atoms with Gasteiger partial charge in [-0.2, -0.15) is 0 Å². The van der Waals surface area contributed by atoms with E-state index in [1.54, 1.807) is 12.1 Å². The molecule has 0 saturated heterocycles. The molecule has 0 aromatic heterocycles. The number of benzene rings is 1. The third kappa shape index (κ3) is 1.59. The van der Waals surface area contributed by atoms with Crippen LogP contribution in [0, 0.1) is 0 Å². The summed E-state index contributed by atoms with van der Waals surface area (Å²) in [5.41, 5.74) is 12.3. The van der Waals surface area contributed by atoms with Gasteiger partial charge in [0.15, 0.2) is 0 Å². The van der Waals surface area contributed by atoms with Gasteiger partial charge in [-0.3, -0.25) is 0 Å². The van der Waals surface area contributed by atoms with E-state index >= 15 is 0 Å². The molecule has 1 rings (SSSR count). The third-order valence-corrected chi connectivity index (χ3v) is 2.26. The standard InChI is InChI=1S/C7H8Cl2N2/c8-5-2-1-4(3-10)7(11)6(5)9/h1-2H,3,10-11H2. The van der Waals surface area contributed by atoms with E-state index in [-0.39, 0.29) is 0 Å². The van der Waals surface area contributed by atoms with E-state index in [1.165, 1.54) is 0 Å². The first-order chi connectivity index (χ1) is 5.16. The summed E-state index contributed by atoms with van der Waals surface area (Å²) in [5, 5.41) is 0.844. The van der Waals surface area contributed by atoms with Crippen LogP contribution in [0.15, 0.2) is 12.1 Å². The number of hydrogen-bond donors (Lipinski definition) is 2. The fourth-order valence-electron chi connectivity index (χ4n) is 0.784. The average molecular weight is 191 g/mol. The number of rotatable bonds is 1. The van der Waals surface area contributed by atoms with Crippen LogP contribution in [0.25, 0.3) is 0 Å². The molecule has 0 spiro atoms. The molecule has 2 nitrogen and oxygen atoms in total. The summed E-state index contributed by atoms with van der Waals surface area (Å²) in [5.74, 6) is 0. The van der Waals surface area contributed by atoms with Crippen LogP contribution in [0.1, 0.15) is 5.56 Å². The summed E-state index contributed by atoms with van der Waals surface area (Å²) in [4.78, 5) is 0. The Balaban J connectivity index is 3.25. The molecule has 0 atom stereocenters. The first-order valence-electron chi connectivity index (χ1n) is 3.09. The molecule has 11 heavy (non-hydrogen) atoms. The lowest BCUT2D eigenvalue weighted by molar-refractivity contribution is 1.08. The first kappa shape index (κ1) is 8.65. The van der Waals surface area contributed by atoms with Gasteiger partial charge >= 0.3 is 0 Å². The summed E-state index contributed by atoms with van der Waals surface area (Å²) in [6.45, 7) is 0.378. The maximum absolute atomic E-state index is 5.75. The summed E-state index contributed by atoms with van der Waals surface area (Å²) in [6.07, 6.45) is 0. The molecule has 0 bridgehead atoms. The lowest BCUT2D eigenvalue weighted by Crippen LogP contribution is -2.01. The lowest BCUT2D eigenvalue weighted by Gasteiger charge is -2.05. The highest BCUT2D eigenvalue weighted by molar-refractivity contribution is 6.43. The lowest BCUT2D eigenvalue weighted by atomic mass is 10.2. The van der Waals surface area contributed by atoms with Gasteiger partial charge in [0.2, 0.25) is 0 Å². The minimum atomic E-state index is 0.378. The molecule has 4 N–H and O–H groups in total. The van der Waals surface area contributed by atoms with Gasteiger partial charge in [-0.05, 0) is 11.6 Å². The molecule has 0 heterocycles. The van der Waals surface area contributed by atoms with Crippen molar-refractivity contribution in [2.45, 2.75) is 6.54 Å². The van der Waals surface area contributed by atoms with Crippen LogP contribution in [0.2, 0.25) is 10.0 Å². The van der Waals surface area contributed by atoms with Crippen molar-refractivity contribution in [1.29, 1.82) is 0 Å². The Kier molecular flexibility index (Phi) is 2.60. The summed E-state index contributed by atoms with van der Waals surface area (Å²) < 4.78 is 0. The van der Waals surface area contributed by atoms with E-state index in [0.717, 1.165) is 5.56 Å². The van der Waals surface area contributed by atoms with Crippen molar-refractivity contribution in [2.75, 3.05) is 5.73 Å². The van der Waals surface area contributed by atoms with E-state index in [0.29, 0.717) is 22.3 Å². The quantitative estimate of drug-likeness (QED) is 0.667. The van der Waals surface area contributed by atoms with Gasteiger partial charge in [0.25, 0.3) is 0 Å². The van der Waals surface area contributed by atoms with Gasteiger partial charge < -0.3 is 11.5 Å². The van der Waals surface area contributed by atoms with Gasteiger partial charge in [0.05, 0.1) is 15.7 Å². The summed E-state index contributed by atoms with van der Waals surface area (Å²) in [7, 11) is 0. The average Bonchev–Trinajstić information content (AvgIpc) is 2.01. The molecule has 0 amide bonds. The Bertz CT molecular complexity index is 273.